The van der Waals surface area contributed by atoms with Crippen LogP contribution in [0, 0.1) is 11.8 Å². The molecule has 3 atom stereocenters. The summed E-state index contributed by atoms with van der Waals surface area (Å²) < 4.78 is 10.8. The fourth-order valence-electron chi connectivity index (χ4n) is 3.67. The van der Waals surface area contributed by atoms with E-state index in [4.69, 9.17) is 9.47 Å². The smallest absolute Gasteiger partial charge is 0.127 e. The van der Waals surface area contributed by atoms with Gasteiger partial charge < -0.3 is 14.8 Å². The number of nitrogens with one attached hydrogen (secondary N) is 1. The van der Waals surface area contributed by atoms with Gasteiger partial charge in [-0.1, -0.05) is 6.07 Å². The number of rotatable bonds is 4. The minimum atomic E-state index is 0.641. The Morgan fingerprint density at radius 3 is 2.80 bits per heavy atom. The van der Waals surface area contributed by atoms with Crippen LogP contribution < -0.4 is 14.8 Å². The molecule has 4 nitrogen and oxygen atoms in total. The van der Waals surface area contributed by atoms with E-state index in [2.05, 4.69) is 23.2 Å². The zero-order valence-corrected chi connectivity index (χ0v) is 12.6. The highest BCUT2D eigenvalue weighted by molar-refractivity contribution is 5.40. The summed E-state index contributed by atoms with van der Waals surface area (Å²) in [5.41, 5.74) is 1.24. The number of likely N-dealkylation sites (tertiary alicyclic amines) is 1. The van der Waals surface area contributed by atoms with Crippen LogP contribution in [-0.4, -0.2) is 44.8 Å². The van der Waals surface area contributed by atoms with Gasteiger partial charge in [0.15, 0.2) is 0 Å². The average molecular weight is 276 g/mol. The molecule has 1 N–H and O–H groups in total. The number of nitrogens with zero attached hydrogens (tertiary/aromatic N) is 1. The maximum absolute atomic E-state index is 5.51. The maximum Gasteiger partial charge on any atom is 0.127 e. The van der Waals surface area contributed by atoms with E-state index >= 15 is 0 Å². The Morgan fingerprint density at radius 2 is 2.10 bits per heavy atom. The first-order valence-electron chi connectivity index (χ1n) is 7.38. The first-order chi connectivity index (χ1) is 9.72. The molecule has 0 aromatic heterocycles. The number of hydrogen-bond donors (Lipinski definition) is 1. The van der Waals surface area contributed by atoms with E-state index in [0.717, 1.165) is 29.9 Å². The van der Waals surface area contributed by atoms with Gasteiger partial charge in [-0.05, 0) is 37.9 Å². The van der Waals surface area contributed by atoms with Gasteiger partial charge in [0.05, 0.1) is 14.2 Å². The van der Waals surface area contributed by atoms with Crippen molar-refractivity contribution >= 4 is 0 Å². The molecule has 0 spiro atoms. The monoisotopic (exact) mass is 276 g/mol. The van der Waals surface area contributed by atoms with Crippen molar-refractivity contribution < 1.29 is 9.47 Å². The first-order valence-corrected chi connectivity index (χ1v) is 7.38. The summed E-state index contributed by atoms with van der Waals surface area (Å²) in [6.45, 7) is 6.84. The Kier molecular flexibility index (Phi) is 3.85. The second-order valence-electron chi connectivity index (χ2n) is 5.93. The molecule has 2 fully saturated rings. The lowest BCUT2D eigenvalue weighted by Gasteiger charge is -2.25. The van der Waals surface area contributed by atoms with Crippen LogP contribution >= 0.6 is 0 Å². The summed E-state index contributed by atoms with van der Waals surface area (Å²) in [7, 11) is 3.41. The quantitative estimate of drug-likeness (QED) is 0.908. The molecule has 1 aromatic rings. The molecule has 20 heavy (non-hydrogen) atoms. The van der Waals surface area contributed by atoms with Crippen molar-refractivity contribution in [3.8, 4) is 11.5 Å². The first kappa shape index (κ1) is 13.7. The average Bonchev–Trinajstić information content (AvgIpc) is 3.04. The lowest BCUT2D eigenvalue weighted by atomic mass is 9.95. The molecule has 4 heteroatoms. The van der Waals surface area contributed by atoms with Crippen LogP contribution in [0.4, 0.5) is 0 Å². The predicted molar refractivity (Wildman–Crippen MR) is 79.3 cm³/mol. The van der Waals surface area contributed by atoms with Crippen LogP contribution in [-0.2, 0) is 6.54 Å². The van der Waals surface area contributed by atoms with Crippen LogP contribution in [0.1, 0.15) is 12.5 Å². The Morgan fingerprint density at radius 1 is 1.25 bits per heavy atom. The Bertz CT molecular complexity index is 478. The molecule has 2 saturated heterocycles. The summed E-state index contributed by atoms with van der Waals surface area (Å²) in [6.07, 6.45) is 0. The van der Waals surface area contributed by atoms with E-state index in [-0.39, 0.29) is 0 Å². The number of benzene rings is 1. The van der Waals surface area contributed by atoms with Crippen molar-refractivity contribution in [2.45, 2.75) is 19.5 Å². The predicted octanol–water partition coefficient (Wildman–Crippen LogP) is 1.74. The van der Waals surface area contributed by atoms with E-state index < -0.39 is 0 Å². The molecule has 2 aliphatic rings. The molecular weight excluding hydrogens is 252 g/mol. The van der Waals surface area contributed by atoms with Gasteiger partial charge >= 0.3 is 0 Å². The SMILES string of the molecule is COc1ccc(CN2CC3CNCC3C2C)c(OC)c1. The van der Waals surface area contributed by atoms with Crippen molar-refractivity contribution in [3.05, 3.63) is 23.8 Å². The molecule has 2 heterocycles. The maximum atomic E-state index is 5.51. The second kappa shape index (κ2) is 5.62. The molecule has 2 aliphatic heterocycles. The van der Waals surface area contributed by atoms with Crippen molar-refractivity contribution in [1.82, 2.24) is 10.2 Å². The van der Waals surface area contributed by atoms with Gasteiger partial charge in [0.25, 0.3) is 0 Å². The largest absolute Gasteiger partial charge is 0.497 e. The molecular formula is C16H24N2O2. The lowest BCUT2D eigenvalue weighted by molar-refractivity contribution is 0.228. The minimum Gasteiger partial charge on any atom is -0.497 e. The highest BCUT2D eigenvalue weighted by Crippen LogP contribution is 2.35. The standard InChI is InChI=1S/C16H24N2O2/c1-11-15-8-17-7-13(15)10-18(11)9-12-4-5-14(19-2)6-16(12)20-3/h4-6,11,13,15,17H,7-10H2,1-3H3. The van der Waals surface area contributed by atoms with Gasteiger partial charge in [-0.15, -0.1) is 0 Å². The number of fused-ring (bicyclic) bond motifs is 1. The fourth-order valence-corrected chi connectivity index (χ4v) is 3.67. The topological polar surface area (TPSA) is 33.7 Å². The van der Waals surface area contributed by atoms with Crippen molar-refractivity contribution in [2.75, 3.05) is 33.9 Å². The Hall–Kier alpha value is -1.26. The summed E-state index contributed by atoms with van der Waals surface area (Å²) in [4.78, 5) is 2.58. The summed E-state index contributed by atoms with van der Waals surface area (Å²) in [6, 6.07) is 6.75. The van der Waals surface area contributed by atoms with Gasteiger partial charge in [-0.2, -0.15) is 0 Å². The molecule has 0 amide bonds. The Labute approximate surface area is 121 Å². The number of hydrogen-bond acceptors (Lipinski definition) is 4. The zero-order valence-electron chi connectivity index (χ0n) is 12.6. The summed E-state index contributed by atoms with van der Waals surface area (Å²) >= 11 is 0. The molecule has 0 aliphatic carbocycles. The van der Waals surface area contributed by atoms with Crippen LogP contribution in [0.25, 0.3) is 0 Å². The van der Waals surface area contributed by atoms with E-state index in [9.17, 15) is 0 Å². The normalized spacial score (nSPS) is 29.4. The highest BCUT2D eigenvalue weighted by Gasteiger charge is 2.41. The van der Waals surface area contributed by atoms with E-state index in [1.54, 1.807) is 14.2 Å². The van der Waals surface area contributed by atoms with Gasteiger partial charge in [0, 0.05) is 30.8 Å². The Balaban J connectivity index is 1.75. The van der Waals surface area contributed by atoms with Crippen molar-refractivity contribution in [1.29, 1.82) is 0 Å². The van der Waals surface area contributed by atoms with Gasteiger partial charge in [0.1, 0.15) is 11.5 Å². The van der Waals surface area contributed by atoms with E-state index in [1.165, 1.54) is 25.2 Å². The van der Waals surface area contributed by atoms with Crippen molar-refractivity contribution in [2.24, 2.45) is 11.8 Å². The van der Waals surface area contributed by atoms with Crippen LogP contribution in [0.5, 0.6) is 11.5 Å². The van der Waals surface area contributed by atoms with E-state index in [1.807, 2.05) is 12.1 Å². The second-order valence-corrected chi connectivity index (χ2v) is 5.93. The summed E-state index contributed by atoms with van der Waals surface area (Å²) in [5.74, 6) is 3.39. The van der Waals surface area contributed by atoms with Crippen LogP contribution in [0.3, 0.4) is 0 Å². The van der Waals surface area contributed by atoms with Gasteiger partial charge in [-0.25, -0.2) is 0 Å². The lowest BCUT2D eigenvalue weighted by Crippen LogP contribution is -2.32. The molecule has 0 saturated carbocycles. The number of methoxy groups -OCH3 is 2. The highest BCUT2D eigenvalue weighted by atomic mass is 16.5. The van der Waals surface area contributed by atoms with Crippen LogP contribution in [0.15, 0.2) is 18.2 Å². The molecule has 0 radical (unpaired) electrons. The third-order valence-corrected chi connectivity index (χ3v) is 4.92. The molecule has 3 unspecified atom stereocenters. The third kappa shape index (κ3) is 2.38. The van der Waals surface area contributed by atoms with Gasteiger partial charge in [-0.3, -0.25) is 4.90 Å². The van der Waals surface area contributed by atoms with E-state index in [0.29, 0.717) is 6.04 Å². The van der Waals surface area contributed by atoms with Crippen LogP contribution in [0.2, 0.25) is 0 Å². The molecule has 0 bridgehead atoms. The summed E-state index contributed by atoms with van der Waals surface area (Å²) in [5, 5.41) is 3.51. The molecule has 110 valence electrons. The fraction of sp³-hybridized carbons (Fsp3) is 0.625. The zero-order chi connectivity index (χ0) is 14.1. The van der Waals surface area contributed by atoms with Crippen molar-refractivity contribution in [3.63, 3.8) is 0 Å². The minimum absolute atomic E-state index is 0.641. The van der Waals surface area contributed by atoms with Gasteiger partial charge in [0.2, 0.25) is 0 Å². The molecule has 1 aromatic carbocycles. The molecule has 3 rings (SSSR count). The number of ether oxygens (including phenoxy) is 2. The third-order valence-electron chi connectivity index (χ3n) is 4.92.